The third-order valence-electron chi connectivity index (χ3n) is 6.20. The van der Waals surface area contributed by atoms with Crippen LogP contribution in [0, 0.1) is 11.6 Å². The Bertz CT molecular complexity index is 1020. The Morgan fingerprint density at radius 1 is 1.18 bits per heavy atom. The molecule has 2 aliphatic rings. The molecular formula is C23H26F4N4O2. The molecule has 1 amide bonds. The number of nitrogens with one attached hydrogen (secondary N) is 1. The van der Waals surface area contributed by atoms with Crippen molar-refractivity contribution in [2.45, 2.75) is 50.1 Å². The number of hydrogen-bond acceptors (Lipinski definition) is 5. The molecule has 0 spiro atoms. The molecule has 1 aromatic carbocycles. The summed E-state index contributed by atoms with van der Waals surface area (Å²) in [4.78, 5) is 19.4. The number of rotatable bonds is 5. The number of halogens is 4. The van der Waals surface area contributed by atoms with Gasteiger partial charge in [0, 0.05) is 50.3 Å². The summed E-state index contributed by atoms with van der Waals surface area (Å²) in [6.07, 6.45) is 1.74. The second-order valence-corrected chi connectivity index (χ2v) is 8.66. The molecule has 6 nitrogen and oxygen atoms in total. The highest BCUT2D eigenvalue weighted by Gasteiger charge is 2.36. The molecule has 1 aliphatic heterocycles. The van der Waals surface area contributed by atoms with E-state index >= 15 is 0 Å². The summed E-state index contributed by atoms with van der Waals surface area (Å²) in [6, 6.07) is 2.50. The second kappa shape index (κ2) is 9.17. The van der Waals surface area contributed by atoms with Crippen LogP contribution >= 0.6 is 0 Å². The molecule has 2 fully saturated rings. The number of carbonyl (C=O) groups is 1. The lowest BCUT2D eigenvalue weighted by Crippen LogP contribution is -2.41. The average molecular weight is 466 g/mol. The molecule has 0 radical (unpaired) electrons. The van der Waals surface area contributed by atoms with Gasteiger partial charge in [0.25, 0.3) is 5.91 Å². The number of aromatic nitrogens is 1. The second-order valence-electron chi connectivity index (χ2n) is 8.66. The number of nitrogens with two attached hydrogens (primary N) is 1. The van der Waals surface area contributed by atoms with Crippen LogP contribution in [0.5, 0.6) is 5.88 Å². The minimum atomic E-state index is -2.71. The van der Waals surface area contributed by atoms with Gasteiger partial charge in [-0.05, 0) is 37.0 Å². The molecule has 1 saturated carbocycles. The molecule has 3 N–H and O–H groups in total. The smallest absolute Gasteiger partial charge is 0.255 e. The van der Waals surface area contributed by atoms with Crippen molar-refractivity contribution in [3.8, 4) is 17.0 Å². The van der Waals surface area contributed by atoms with Gasteiger partial charge < -0.3 is 20.7 Å². The third kappa shape index (κ3) is 5.05. The standard InChI is InChI=1S/C23H26F4N4O2/c1-33-22-19(13-8-14(24)10-15(25)9-13)20(31-7-4-16(28)12-31)18(11-29-22)21(32)30-17-2-5-23(26,27)6-3-17/h8-11,16-17H,2-7,12,28H2,1H3,(H,30,32). The first kappa shape index (κ1) is 23.3. The minimum Gasteiger partial charge on any atom is -0.480 e. The summed E-state index contributed by atoms with van der Waals surface area (Å²) in [5, 5.41) is 2.83. The van der Waals surface area contributed by atoms with Crippen LogP contribution in [0.4, 0.5) is 23.2 Å². The topological polar surface area (TPSA) is 80.5 Å². The Kier molecular flexibility index (Phi) is 6.47. The van der Waals surface area contributed by atoms with E-state index in [0.29, 0.717) is 25.2 Å². The zero-order valence-electron chi connectivity index (χ0n) is 18.2. The minimum absolute atomic E-state index is 0.101. The van der Waals surface area contributed by atoms with E-state index in [4.69, 9.17) is 10.5 Å². The lowest BCUT2D eigenvalue weighted by atomic mass is 9.92. The maximum Gasteiger partial charge on any atom is 0.255 e. The third-order valence-corrected chi connectivity index (χ3v) is 6.20. The van der Waals surface area contributed by atoms with Gasteiger partial charge in [0.05, 0.1) is 23.9 Å². The Hall–Kier alpha value is -2.88. The number of ether oxygens (including phenoxy) is 1. The van der Waals surface area contributed by atoms with Crippen molar-refractivity contribution in [3.05, 3.63) is 41.6 Å². The van der Waals surface area contributed by atoms with E-state index in [1.54, 1.807) is 0 Å². The van der Waals surface area contributed by atoms with Gasteiger partial charge in [0.2, 0.25) is 11.8 Å². The van der Waals surface area contributed by atoms with E-state index in [1.165, 1.54) is 13.3 Å². The molecule has 1 aromatic heterocycles. The average Bonchev–Trinajstić information content (AvgIpc) is 3.19. The summed E-state index contributed by atoms with van der Waals surface area (Å²) in [6.45, 7) is 0.947. The monoisotopic (exact) mass is 466 g/mol. The van der Waals surface area contributed by atoms with Crippen LogP contribution in [0.1, 0.15) is 42.5 Å². The molecule has 2 aromatic rings. The van der Waals surface area contributed by atoms with Crippen LogP contribution in [-0.2, 0) is 0 Å². The molecule has 0 bridgehead atoms. The van der Waals surface area contributed by atoms with Crippen LogP contribution in [0.2, 0.25) is 0 Å². The zero-order valence-corrected chi connectivity index (χ0v) is 18.2. The Balaban J connectivity index is 1.77. The van der Waals surface area contributed by atoms with Crippen molar-refractivity contribution in [2.24, 2.45) is 5.73 Å². The fraction of sp³-hybridized carbons (Fsp3) is 0.478. The lowest BCUT2D eigenvalue weighted by Gasteiger charge is -2.30. The number of pyridine rings is 1. The van der Waals surface area contributed by atoms with E-state index in [-0.39, 0.29) is 54.3 Å². The van der Waals surface area contributed by atoms with Gasteiger partial charge in [-0.15, -0.1) is 0 Å². The van der Waals surface area contributed by atoms with Crippen molar-refractivity contribution < 1.29 is 27.1 Å². The number of methoxy groups -OCH3 is 1. The molecular weight excluding hydrogens is 440 g/mol. The van der Waals surface area contributed by atoms with E-state index in [2.05, 4.69) is 10.3 Å². The van der Waals surface area contributed by atoms with E-state index < -0.39 is 29.5 Å². The highest BCUT2D eigenvalue weighted by molar-refractivity contribution is 6.04. The first-order chi connectivity index (χ1) is 15.7. The molecule has 4 rings (SSSR count). The Morgan fingerprint density at radius 3 is 2.42 bits per heavy atom. The summed E-state index contributed by atoms with van der Waals surface area (Å²) in [7, 11) is 1.38. The van der Waals surface area contributed by atoms with Crippen molar-refractivity contribution in [1.29, 1.82) is 0 Å². The Labute approximate surface area is 189 Å². The molecule has 33 heavy (non-hydrogen) atoms. The van der Waals surface area contributed by atoms with E-state index in [1.807, 2.05) is 4.90 Å². The first-order valence-corrected chi connectivity index (χ1v) is 10.9. The molecule has 2 heterocycles. The fourth-order valence-corrected chi connectivity index (χ4v) is 4.53. The summed E-state index contributed by atoms with van der Waals surface area (Å²) < 4.78 is 60.6. The molecule has 1 aliphatic carbocycles. The van der Waals surface area contributed by atoms with Crippen molar-refractivity contribution >= 4 is 11.6 Å². The maximum atomic E-state index is 14.1. The predicted molar refractivity (Wildman–Crippen MR) is 116 cm³/mol. The van der Waals surface area contributed by atoms with Gasteiger partial charge in [0.15, 0.2) is 0 Å². The number of amides is 1. The van der Waals surface area contributed by atoms with Gasteiger partial charge >= 0.3 is 0 Å². The SMILES string of the molecule is COc1ncc(C(=O)NC2CCC(F)(F)CC2)c(N2CCC(N)C2)c1-c1cc(F)cc(F)c1. The number of nitrogens with zero attached hydrogens (tertiary/aromatic N) is 2. The van der Waals surface area contributed by atoms with E-state index in [9.17, 15) is 22.4 Å². The van der Waals surface area contributed by atoms with Gasteiger partial charge in [-0.25, -0.2) is 22.5 Å². The molecule has 1 unspecified atom stereocenters. The summed E-state index contributed by atoms with van der Waals surface area (Å²) in [5.41, 5.74) is 7.10. The highest BCUT2D eigenvalue weighted by atomic mass is 19.3. The largest absolute Gasteiger partial charge is 0.480 e. The zero-order chi connectivity index (χ0) is 23.8. The predicted octanol–water partition coefficient (Wildman–Crippen LogP) is 3.88. The first-order valence-electron chi connectivity index (χ1n) is 10.9. The fourth-order valence-electron chi connectivity index (χ4n) is 4.53. The van der Waals surface area contributed by atoms with Gasteiger partial charge in [0.1, 0.15) is 11.6 Å². The van der Waals surface area contributed by atoms with Crippen LogP contribution < -0.4 is 20.7 Å². The normalized spacial score (nSPS) is 20.7. The quantitative estimate of drug-likeness (QED) is 0.654. The molecule has 10 heteroatoms. The van der Waals surface area contributed by atoms with Crippen molar-refractivity contribution in [2.75, 3.05) is 25.1 Å². The van der Waals surface area contributed by atoms with Crippen molar-refractivity contribution in [1.82, 2.24) is 10.3 Å². The lowest BCUT2D eigenvalue weighted by molar-refractivity contribution is -0.0399. The van der Waals surface area contributed by atoms with Crippen LogP contribution in [-0.4, -0.2) is 49.1 Å². The highest BCUT2D eigenvalue weighted by Crippen LogP contribution is 2.42. The van der Waals surface area contributed by atoms with Crippen LogP contribution in [0.25, 0.3) is 11.1 Å². The molecule has 1 saturated heterocycles. The Morgan fingerprint density at radius 2 is 1.85 bits per heavy atom. The van der Waals surface area contributed by atoms with Gasteiger partial charge in [-0.2, -0.15) is 0 Å². The maximum absolute atomic E-state index is 14.1. The van der Waals surface area contributed by atoms with Crippen molar-refractivity contribution in [3.63, 3.8) is 0 Å². The number of carbonyl (C=O) groups excluding carboxylic acids is 1. The number of alkyl halides is 2. The number of anilines is 1. The number of hydrogen-bond donors (Lipinski definition) is 2. The van der Waals surface area contributed by atoms with Crippen LogP contribution in [0.3, 0.4) is 0 Å². The summed E-state index contributed by atoms with van der Waals surface area (Å²) in [5.74, 6) is -4.67. The summed E-state index contributed by atoms with van der Waals surface area (Å²) >= 11 is 0. The van der Waals surface area contributed by atoms with Gasteiger partial charge in [-0.3, -0.25) is 4.79 Å². The molecule has 1 atom stereocenters. The van der Waals surface area contributed by atoms with Gasteiger partial charge in [-0.1, -0.05) is 0 Å². The van der Waals surface area contributed by atoms with Crippen LogP contribution in [0.15, 0.2) is 24.4 Å². The number of benzene rings is 1. The molecule has 178 valence electrons. The van der Waals surface area contributed by atoms with E-state index in [0.717, 1.165) is 18.2 Å².